The first kappa shape index (κ1) is 14.6. The molecule has 20 heavy (non-hydrogen) atoms. The molecule has 0 aliphatic carbocycles. The first-order valence-electron chi connectivity index (χ1n) is 6.12. The molecule has 4 nitrogen and oxygen atoms in total. The normalized spacial score (nSPS) is 10.3. The van der Waals surface area contributed by atoms with Crippen LogP contribution in [0.25, 0.3) is 0 Å². The molecule has 0 bridgehead atoms. The summed E-state index contributed by atoms with van der Waals surface area (Å²) in [4.78, 5) is 4.12. The van der Waals surface area contributed by atoms with Crippen LogP contribution in [0.2, 0.25) is 0 Å². The van der Waals surface area contributed by atoms with Crippen molar-refractivity contribution in [2.75, 3.05) is 12.3 Å². The van der Waals surface area contributed by atoms with Crippen molar-refractivity contribution >= 4 is 21.6 Å². The van der Waals surface area contributed by atoms with Gasteiger partial charge in [-0.05, 0) is 30.7 Å². The second kappa shape index (κ2) is 6.56. The Labute approximate surface area is 124 Å². The first-order chi connectivity index (χ1) is 9.60. The fourth-order valence-corrected chi connectivity index (χ4v) is 1.81. The van der Waals surface area contributed by atoms with Gasteiger partial charge in [-0.15, -0.1) is 0 Å². The minimum atomic E-state index is -0.470. The first-order valence-corrected chi connectivity index (χ1v) is 6.91. The Morgan fingerprint density at radius 2 is 2.10 bits per heavy atom. The number of benzene rings is 1. The lowest BCUT2D eigenvalue weighted by Crippen LogP contribution is -2.02. The zero-order chi connectivity index (χ0) is 14.5. The summed E-state index contributed by atoms with van der Waals surface area (Å²) in [7, 11) is 0. The van der Waals surface area contributed by atoms with Gasteiger partial charge in [0.25, 0.3) is 0 Å². The summed E-state index contributed by atoms with van der Waals surface area (Å²) >= 11 is 3.26. The monoisotopic (exact) mass is 340 g/mol. The fourth-order valence-electron chi connectivity index (χ4n) is 1.47. The van der Waals surface area contributed by atoms with Crippen molar-refractivity contribution in [1.82, 2.24) is 4.98 Å². The third-order valence-electron chi connectivity index (χ3n) is 2.41. The van der Waals surface area contributed by atoms with Crippen LogP contribution in [0.3, 0.4) is 0 Å². The van der Waals surface area contributed by atoms with Crippen LogP contribution in [0.15, 0.2) is 34.8 Å². The molecule has 1 heterocycles. The zero-order valence-corrected chi connectivity index (χ0v) is 12.5. The number of nitrogens with two attached hydrogens (primary N) is 1. The van der Waals surface area contributed by atoms with Gasteiger partial charge in [0, 0.05) is 10.5 Å². The molecule has 0 saturated heterocycles. The van der Waals surface area contributed by atoms with Crippen molar-refractivity contribution in [1.29, 1.82) is 0 Å². The minimum Gasteiger partial charge on any atom is -0.476 e. The summed E-state index contributed by atoms with van der Waals surface area (Å²) in [6.45, 7) is 2.49. The summed E-state index contributed by atoms with van der Waals surface area (Å²) < 4.78 is 25.1. The highest BCUT2D eigenvalue weighted by Gasteiger charge is 2.09. The molecule has 0 aliphatic heterocycles. The quantitative estimate of drug-likeness (QED) is 0.888. The van der Waals surface area contributed by atoms with E-state index in [4.69, 9.17) is 15.2 Å². The highest BCUT2D eigenvalue weighted by molar-refractivity contribution is 9.10. The van der Waals surface area contributed by atoms with Crippen molar-refractivity contribution in [3.63, 3.8) is 0 Å². The van der Waals surface area contributed by atoms with Crippen LogP contribution >= 0.6 is 15.9 Å². The molecule has 1 aromatic carbocycles. The number of halogens is 2. The van der Waals surface area contributed by atoms with E-state index in [1.807, 2.05) is 6.92 Å². The van der Waals surface area contributed by atoms with E-state index in [0.29, 0.717) is 22.6 Å². The molecular formula is C14H14BrFN2O2. The molecule has 0 unspecified atom stereocenters. The largest absolute Gasteiger partial charge is 0.476 e. The average Bonchev–Trinajstić information content (AvgIpc) is 2.43. The Morgan fingerprint density at radius 3 is 2.85 bits per heavy atom. The molecule has 0 atom stereocenters. The van der Waals surface area contributed by atoms with E-state index in [0.717, 1.165) is 6.42 Å². The molecule has 0 spiro atoms. The van der Waals surface area contributed by atoms with Gasteiger partial charge in [-0.3, -0.25) is 0 Å². The van der Waals surface area contributed by atoms with Crippen LogP contribution in [0.5, 0.6) is 17.5 Å². The maximum atomic E-state index is 13.6. The number of anilines is 1. The summed E-state index contributed by atoms with van der Waals surface area (Å²) in [5, 5.41) is 0. The molecule has 0 radical (unpaired) electrons. The van der Waals surface area contributed by atoms with Crippen molar-refractivity contribution in [2.45, 2.75) is 13.3 Å². The van der Waals surface area contributed by atoms with E-state index in [9.17, 15) is 4.39 Å². The minimum absolute atomic E-state index is 0.0816. The molecular weight excluding hydrogens is 327 g/mol. The molecule has 2 rings (SSSR count). The van der Waals surface area contributed by atoms with Crippen LogP contribution in [-0.2, 0) is 0 Å². The van der Waals surface area contributed by atoms with Crippen molar-refractivity contribution in [3.05, 3.63) is 40.6 Å². The van der Waals surface area contributed by atoms with Crippen LogP contribution in [0, 0.1) is 5.82 Å². The third-order valence-corrected chi connectivity index (χ3v) is 2.91. The Kier molecular flexibility index (Phi) is 4.79. The second-order valence-corrected chi connectivity index (χ2v) is 4.98. The Hall–Kier alpha value is -1.82. The molecule has 106 valence electrons. The van der Waals surface area contributed by atoms with E-state index in [1.165, 1.54) is 12.1 Å². The molecule has 6 heteroatoms. The highest BCUT2D eigenvalue weighted by Crippen LogP contribution is 2.29. The van der Waals surface area contributed by atoms with Crippen molar-refractivity contribution in [3.8, 4) is 17.5 Å². The van der Waals surface area contributed by atoms with Crippen LogP contribution in [0.1, 0.15) is 13.3 Å². The van der Waals surface area contributed by atoms with Crippen LogP contribution < -0.4 is 15.2 Å². The number of pyridine rings is 1. The zero-order valence-electron chi connectivity index (χ0n) is 10.9. The third kappa shape index (κ3) is 3.60. The lowest BCUT2D eigenvalue weighted by atomic mass is 10.3. The van der Waals surface area contributed by atoms with Gasteiger partial charge in [-0.1, -0.05) is 22.9 Å². The highest BCUT2D eigenvalue weighted by atomic mass is 79.9. The number of ether oxygens (including phenoxy) is 2. The molecule has 2 N–H and O–H groups in total. The van der Waals surface area contributed by atoms with Crippen molar-refractivity contribution < 1.29 is 13.9 Å². The van der Waals surface area contributed by atoms with E-state index in [-0.39, 0.29) is 11.6 Å². The van der Waals surface area contributed by atoms with Gasteiger partial charge in [-0.2, -0.15) is 4.98 Å². The van der Waals surface area contributed by atoms with Crippen LogP contribution in [-0.4, -0.2) is 11.6 Å². The van der Waals surface area contributed by atoms with E-state index in [2.05, 4.69) is 20.9 Å². The smallest absolute Gasteiger partial charge is 0.240 e. The standard InChI is InChI=1S/C14H14BrFN2O2/c1-2-7-19-14-11(17)5-6-13(18-14)20-12-8-9(15)3-4-10(12)16/h3-6,8H,2,7,17H2,1H3. The Bertz CT molecular complexity index is 608. The van der Waals surface area contributed by atoms with E-state index in [1.54, 1.807) is 18.2 Å². The van der Waals surface area contributed by atoms with Gasteiger partial charge >= 0.3 is 0 Å². The van der Waals surface area contributed by atoms with E-state index >= 15 is 0 Å². The molecule has 0 aliphatic rings. The number of hydrogen-bond donors (Lipinski definition) is 1. The predicted octanol–water partition coefficient (Wildman–Crippen LogP) is 4.15. The van der Waals surface area contributed by atoms with Crippen LogP contribution in [0.4, 0.5) is 10.1 Å². The number of hydrogen-bond acceptors (Lipinski definition) is 4. The van der Waals surface area contributed by atoms with Gasteiger partial charge < -0.3 is 15.2 Å². The maximum absolute atomic E-state index is 13.6. The lowest BCUT2D eigenvalue weighted by molar-refractivity contribution is 0.302. The molecule has 0 amide bonds. The van der Waals surface area contributed by atoms with Gasteiger partial charge in [0.15, 0.2) is 11.6 Å². The predicted molar refractivity (Wildman–Crippen MR) is 78.6 cm³/mol. The summed E-state index contributed by atoms with van der Waals surface area (Å²) in [5.74, 6) is 0.128. The van der Waals surface area contributed by atoms with Gasteiger partial charge in [0.05, 0.1) is 12.3 Å². The van der Waals surface area contributed by atoms with E-state index < -0.39 is 5.82 Å². The second-order valence-electron chi connectivity index (χ2n) is 4.07. The summed E-state index contributed by atoms with van der Waals surface area (Å²) in [6.07, 6.45) is 0.840. The summed E-state index contributed by atoms with van der Waals surface area (Å²) in [6, 6.07) is 7.61. The summed E-state index contributed by atoms with van der Waals surface area (Å²) in [5.41, 5.74) is 6.17. The number of nitrogen functional groups attached to an aromatic ring is 1. The molecule has 0 saturated carbocycles. The molecule has 1 aromatic heterocycles. The number of aromatic nitrogens is 1. The average molecular weight is 341 g/mol. The number of nitrogens with zero attached hydrogens (tertiary/aromatic N) is 1. The fraction of sp³-hybridized carbons (Fsp3) is 0.214. The lowest BCUT2D eigenvalue weighted by Gasteiger charge is -2.10. The Morgan fingerprint density at radius 1 is 1.30 bits per heavy atom. The maximum Gasteiger partial charge on any atom is 0.240 e. The van der Waals surface area contributed by atoms with Gasteiger partial charge in [-0.25, -0.2) is 4.39 Å². The Balaban J connectivity index is 2.22. The number of rotatable bonds is 5. The molecule has 0 fully saturated rings. The molecule has 2 aromatic rings. The van der Waals surface area contributed by atoms with Crippen molar-refractivity contribution in [2.24, 2.45) is 0 Å². The van der Waals surface area contributed by atoms with Gasteiger partial charge in [0.1, 0.15) is 0 Å². The topological polar surface area (TPSA) is 57.4 Å². The SMILES string of the molecule is CCCOc1nc(Oc2cc(Br)ccc2F)ccc1N. The van der Waals surface area contributed by atoms with Gasteiger partial charge in [0.2, 0.25) is 11.8 Å².